The van der Waals surface area contributed by atoms with Crippen LogP contribution in [0.1, 0.15) is 30.9 Å². The van der Waals surface area contributed by atoms with Crippen LogP contribution >= 0.6 is 0 Å². The third kappa shape index (κ3) is 6.63. The minimum atomic E-state index is -0.524. The Bertz CT molecular complexity index is 758. The standard InChI is InChI=1S/C20H25N3O4/c1-14(23-25)15-2-6-18(7-3-15)26-12-10-17(24)11-13-27-19-8-4-16(5-9-19)20(21)22/h2-9,17,24-25H,10-13H2,1H3,(H3,21,22). The molecule has 7 nitrogen and oxygen atoms in total. The van der Waals surface area contributed by atoms with Crippen molar-refractivity contribution >= 4 is 11.5 Å². The van der Waals surface area contributed by atoms with Crippen LogP contribution in [0.3, 0.4) is 0 Å². The van der Waals surface area contributed by atoms with Gasteiger partial charge in [-0.05, 0) is 61.0 Å². The van der Waals surface area contributed by atoms with E-state index in [1.54, 1.807) is 43.3 Å². The molecule has 7 heteroatoms. The highest BCUT2D eigenvalue weighted by atomic mass is 16.5. The average Bonchev–Trinajstić information content (AvgIpc) is 2.68. The molecule has 0 radical (unpaired) electrons. The first-order valence-corrected chi connectivity index (χ1v) is 8.67. The second kappa shape index (κ2) is 10.2. The third-order valence-corrected chi connectivity index (χ3v) is 4.03. The lowest BCUT2D eigenvalue weighted by Gasteiger charge is -2.13. The van der Waals surface area contributed by atoms with Gasteiger partial charge in [-0.15, -0.1) is 0 Å². The monoisotopic (exact) mass is 371 g/mol. The maximum Gasteiger partial charge on any atom is 0.122 e. The van der Waals surface area contributed by atoms with Crippen molar-refractivity contribution in [3.05, 3.63) is 59.7 Å². The van der Waals surface area contributed by atoms with Gasteiger partial charge in [0.25, 0.3) is 0 Å². The van der Waals surface area contributed by atoms with Gasteiger partial charge >= 0.3 is 0 Å². The molecule has 2 aromatic carbocycles. The van der Waals surface area contributed by atoms with E-state index in [1.165, 1.54) is 0 Å². The molecule has 0 amide bonds. The Morgan fingerprint density at radius 2 is 1.41 bits per heavy atom. The number of nitrogens with two attached hydrogens (primary N) is 1. The fourth-order valence-corrected chi connectivity index (χ4v) is 2.35. The highest BCUT2D eigenvalue weighted by Crippen LogP contribution is 2.15. The van der Waals surface area contributed by atoms with Crippen molar-refractivity contribution in [2.75, 3.05) is 13.2 Å². The molecule has 27 heavy (non-hydrogen) atoms. The fourth-order valence-electron chi connectivity index (χ4n) is 2.35. The molecular formula is C20H25N3O4. The predicted octanol–water partition coefficient (Wildman–Crippen LogP) is 2.77. The number of rotatable bonds is 10. The summed E-state index contributed by atoms with van der Waals surface area (Å²) in [7, 11) is 0. The second-order valence-electron chi connectivity index (χ2n) is 6.08. The Hall–Kier alpha value is -3.06. The van der Waals surface area contributed by atoms with E-state index in [0.717, 1.165) is 5.56 Å². The summed E-state index contributed by atoms with van der Waals surface area (Å²) in [6.07, 6.45) is 0.457. The normalized spacial score (nSPS) is 12.4. The lowest BCUT2D eigenvalue weighted by molar-refractivity contribution is 0.113. The van der Waals surface area contributed by atoms with Gasteiger partial charge in [-0.25, -0.2) is 0 Å². The zero-order valence-corrected chi connectivity index (χ0v) is 15.3. The number of hydrogen-bond acceptors (Lipinski definition) is 6. The van der Waals surface area contributed by atoms with Crippen LogP contribution in [0.4, 0.5) is 0 Å². The first-order chi connectivity index (χ1) is 13.0. The van der Waals surface area contributed by atoms with Gasteiger partial charge in [0.1, 0.15) is 17.3 Å². The number of amidine groups is 1. The Morgan fingerprint density at radius 3 is 1.81 bits per heavy atom. The zero-order chi connectivity index (χ0) is 19.6. The van der Waals surface area contributed by atoms with Crippen LogP contribution in [0, 0.1) is 5.41 Å². The van der Waals surface area contributed by atoms with Crippen molar-refractivity contribution in [1.82, 2.24) is 0 Å². The van der Waals surface area contributed by atoms with Gasteiger partial charge in [-0.2, -0.15) is 0 Å². The first kappa shape index (κ1) is 20.3. The fraction of sp³-hybridized carbons (Fsp3) is 0.300. The molecule has 0 spiro atoms. The van der Waals surface area contributed by atoms with Crippen molar-refractivity contribution in [3.8, 4) is 11.5 Å². The largest absolute Gasteiger partial charge is 0.493 e. The van der Waals surface area contributed by atoms with Crippen molar-refractivity contribution in [3.63, 3.8) is 0 Å². The molecule has 0 aromatic heterocycles. The number of nitrogens with one attached hydrogen (secondary N) is 1. The molecule has 5 N–H and O–H groups in total. The maximum atomic E-state index is 10.0. The summed E-state index contributed by atoms with van der Waals surface area (Å²) < 4.78 is 11.2. The highest BCUT2D eigenvalue weighted by molar-refractivity contribution is 5.98. The summed E-state index contributed by atoms with van der Waals surface area (Å²) in [5.74, 6) is 1.38. The van der Waals surface area contributed by atoms with Crippen molar-refractivity contribution in [2.45, 2.75) is 25.9 Å². The number of aliphatic hydroxyl groups excluding tert-OH is 1. The Balaban J connectivity index is 1.66. The summed E-state index contributed by atoms with van der Waals surface area (Å²) in [6.45, 7) is 2.49. The van der Waals surface area contributed by atoms with Gasteiger partial charge in [0.2, 0.25) is 0 Å². The van der Waals surface area contributed by atoms with Gasteiger partial charge in [-0.3, -0.25) is 5.41 Å². The van der Waals surface area contributed by atoms with Crippen molar-refractivity contribution in [2.24, 2.45) is 10.9 Å². The number of nitrogens with zero attached hydrogens (tertiary/aromatic N) is 1. The van der Waals surface area contributed by atoms with E-state index in [9.17, 15) is 5.11 Å². The summed E-state index contributed by atoms with van der Waals surface area (Å²) >= 11 is 0. The molecule has 0 saturated heterocycles. The van der Waals surface area contributed by atoms with Crippen LogP contribution in [0.25, 0.3) is 0 Å². The quantitative estimate of drug-likeness (QED) is 0.221. The molecule has 0 aliphatic heterocycles. The van der Waals surface area contributed by atoms with E-state index < -0.39 is 6.10 Å². The van der Waals surface area contributed by atoms with Gasteiger partial charge in [0.05, 0.1) is 25.0 Å². The molecule has 1 atom stereocenters. The Morgan fingerprint density at radius 1 is 0.963 bits per heavy atom. The SMILES string of the molecule is CC(=NO)c1ccc(OCCC(O)CCOc2ccc(C(=N)N)cc2)cc1. The number of hydrogen-bond donors (Lipinski definition) is 4. The Labute approximate surface area is 158 Å². The van der Waals surface area contributed by atoms with Gasteiger partial charge in [0, 0.05) is 18.4 Å². The van der Waals surface area contributed by atoms with E-state index in [2.05, 4.69) is 5.16 Å². The molecule has 1 unspecified atom stereocenters. The van der Waals surface area contributed by atoms with Crippen molar-refractivity contribution in [1.29, 1.82) is 5.41 Å². The van der Waals surface area contributed by atoms with Crippen LogP contribution in [-0.2, 0) is 0 Å². The minimum Gasteiger partial charge on any atom is -0.493 e. The molecule has 0 aliphatic carbocycles. The second-order valence-corrected chi connectivity index (χ2v) is 6.08. The molecule has 0 heterocycles. The van der Waals surface area contributed by atoms with E-state index >= 15 is 0 Å². The number of nitrogen functional groups attached to an aromatic ring is 1. The maximum absolute atomic E-state index is 10.0. The number of ether oxygens (including phenoxy) is 2. The van der Waals surface area contributed by atoms with Crippen LogP contribution in [0.2, 0.25) is 0 Å². The lowest BCUT2D eigenvalue weighted by atomic mass is 10.1. The lowest BCUT2D eigenvalue weighted by Crippen LogP contribution is -2.15. The van der Waals surface area contributed by atoms with E-state index in [1.807, 2.05) is 12.1 Å². The number of aliphatic hydroxyl groups is 1. The number of oxime groups is 1. The number of benzene rings is 2. The van der Waals surface area contributed by atoms with Gasteiger partial charge in [-0.1, -0.05) is 5.16 Å². The zero-order valence-electron chi connectivity index (χ0n) is 15.3. The van der Waals surface area contributed by atoms with Gasteiger partial charge in [0.15, 0.2) is 0 Å². The molecule has 2 aromatic rings. The average molecular weight is 371 g/mol. The van der Waals surface area contributed by atoms with Crippen LogP contribution in [0.5, 0.6) is 11.5 Å². The topological polar surface area (TPSA) is 121 Å². The molecule has 0 bridgehead atoms. The molecule has 144 valence electrons. The summed E-state index contributed by atoms with van der Waals surface area (Å²) in [6, 6.07) is 14.2. The van der Waals surface area contributed by atoms with Crippen LogP contribution in [-0.4, -0.2) is 41.2 Å². The summed E-state index contributed by atoms with van der Waals surface area (Å²) in [5.41, 5.74) is 7.40. The summed E-state index contributed by atoms with van der Waals surface area (Å²) in [4.78, 5) is 0. The van der Waals surface area contributed by atoms with E-state index in [4.69, 9.17) is 25.8 Å². The first-order valence-electron chi connectivity index (χ1n) is 8.67. The molecule has 0 saturated carbocycles. The van der Waals surface area contributed by atoms with E-state index in [-0.39, 0.29) is 5.84 Å². The highest BCUT2D eigenvalue weighted by Gasteiger charge is 2.06. The minimum absolute atomic E-state index is 0.0169. The Kier molecular flexibility index (Phi) is 7.63. The molecule has 0 aliphatic rings. The summed E-state index contributed by atoms with van der Waals surface area (Å²) in [5, 5.41) is 29.3. The molecule has 0 fully saturated rings. The molecular weight excluding hydrogens is 346 g/mol. The smallest absolute Gasteiger partial charge is 0.122 e. The van der Waals surface area contributed by atoms with Crippen LogP contribution in [0.15, 0.2) is 53.7 Å². The molecule has 2 rings (SSSR count). The van der Waals surface area contributed by atoms with Gasteiger partial charge < -0.3 is 25.5 Å². The van der Waals surface area contributed by atoms with E-state index in [0.29, 0.717) is 48.8 Å². The van der Waals surface area contributed by atoms with Crippen molar-refractivity contribution < 1.29 is 19.8 Å². The third-order valence-electron chi connectivity index (χ3n) is 4.03. The van der Waals surface area contributed by atoms with Crippen LogP contribution < -0.4 is 15.2 Å². The predicted molar refractivity (Wildman–Crippen MR) is 104 cm³/mol.